The lowest BCUT2D eigenvalue weighted by Crippen LogP contribution is -2.33. The quantitative estimate of drug-likeness (QED) is 0.830. The van der Waals surface area contributed by atoms with Crippen LogP contribution >= 0.6 is 0 Å². The van der Waals surface area contributed by atoms with Crippen molar-refractivity contribution < 1.29 is 0 Å². The Balaban J connectivity index is 2.22. The van der Waals surface area contributed by atoms with Gasteiger partial charge < -0.3 is 5.73 Å². The van der Waals surface area contributed by atoms with Crippen LogP contribution in [0.25, 0.3) is 0 Å². The topological polar surface area (TPSA) is 51.8 Å². The first-order chi connectivity index (χ1) is 7.62. The smallest absolute Gasteiger partial charge is 0.0620 e. The molecular formula is C13H21N3. The van der Waals surface area contributed by atoms with E-state index in [0.29, 0.717) is 17.3 Å². The molecule has 3 nitrogen and oxygen atoms in total. The monoisotopic (exact) mass is 219 g/mol. The lowest BCUT2D eigenvalue weighted by atomic mass is 9.66. The molecule has 0 bridgehead atoms. The fourth-order valence-electron chi connectivity index (χ4n) is 2.77. The Labute approximate surface area is 97.5 Å². The predicted octanol–water partition coefficient (Wildman–Crippen LogP) is 2.35. The molecule has 2 N–H and O–H groups in total. The van der Waals surface area contributed by atoms with Gasteiger partial charge in [-0.05, 0) is 37.1 Å². The van der Waals surface area contributed by atoms with E-state index in [1.165, 1.54) is 19.3 Å². The molecule has 0 amide bonds. The molecule has 0 aliphatic heterocycles. The molecule has 1 aliphatic carbocycles. The van der Waals surface area contributed by atoms with Crippen LogP contribution < -0.4 is 5.73 Å². The van der Waals surface area contributed by atoms with Crippen LogP contribution in [-0.2, 0) is 0 Å². The molecule has 0 spiro atoms. The Hall–Kier alpha value is -0.960. The zero-order chi connectivity index (χ0) is 11.6. The summed E-state index contributed by atoms with van der Waals surface area (Å²) in [5, 5.41) is 0. The van der Waals surface area contributed by atoms with Gasteiger partial charge in [0.05, 0.1) is 5.69 Å². The van der Waals surface area contributed by atoms with Crippen LogP contribution in [0.3, 0.4) is 0 Å². The van der Waals surface area contributed by atoms with E-state index < -0.39 is 0 Å². The Morgan fingerprint density at radius 1 is 1.44 bits per heavy atom. The van der Waals surface area contributed by atoms with Crippen LogP contribution in [0.2, 0.25) is 0 Å². The third-order valence-corrected chi connectivity index (χ3v) is 3.80. The minimum Gasteiger partial charge on any atom is -0.330 e. The third-order valence-electron chi connectivity index (χ3n) is 3.80. The van der Waals surface area contributed by atoms with Gasteiger partial charge in [-0.1, -0.05) is 13.8 Å². The van der Waals surface area contributed by atoms with E-state index in [1.54, 1.807) is 12.4 Å². The molecule has 1 aromatic heterocycles. The molecule has 1 aliphatic rings. The van der Waals surface area contributed by atoms with E-state index in [9.17, 15) is 0 Å². The normalized spacial score (nSPS) is 28.9. The molecule has 1 saturated carbocycles. The van der Waals surface area contributed by atoms with E-state index >= 15 is 0 Å². The van der Waals surface area contributed by atoms with Gasteiger partial charge in [0.1, 0.15) is 0 Å². The Bertz CT molecular complexity index is 334. The number of aromatic nitrogens is 2. The van der Waals surface area contributed by atoms with Crippen molar-refractivity contribution in [3.05, 3.63) is 24.3 Å². The maximum absolute atomic E-state index is 5.87. The Morgan fingerprint density at radius 3 is 2.88 bits per heavy atom. The fourth-order valence-corrected chi connectivity index (χ4v) is 2.77. The Kier molecular flexibility index (Phi) is 3.24. The summed E-state index contributed by atoms with van der Waals surface area (Å²) in [6, 6.07) is 0. The number of hydrogen-bond donors (Lipinski definition) is 1. The van der Waals surface area contributed by atoms with Crippen LogP contribution in [0.15, 0.2) is 18.6 Å². The number of rotatable bonds is 2. The summed E-state index contributed by atoms with van der Waals surface area (Å²) in [6.07, 6.45) is 9.07. The molecule has 2 unspecified atom stereocenters. The molecular weight excluding hydrogens is 198 g/mol. The van der Waals surface area contributed by atoms with Gasteiger partial charge in [-0.2, -0.15) is 0 Å². The highest BCUT2D eigenvalue weighted by atomic mass is 14.8. The highest BCUT2D eigenvalue weighted by molar-refractivity contribution is 5.08. The van der Waals surface area contributed by atoms with E-state index in [1.807, 2.05) is 6.20 Å². The highest BCUT2D eigenvalue weighted by Gasteiger charge is 2.35. The number of nitrogens with two attached hydrogens (primary N) is 1. The molecule has 1 aromatic rings. The van der Waals surface area contributed by atoms with Gasteiger partial charge in [0, 0.05) is 24.5 Å². The van der Waals surface area contributed by atoms with Crippen molar-refractivity contribution in [1.82, 2.24) is 9.97 Å². The molecule has 1 heterocycles. The summed E-state index contributed by atoms with van der Waals surface area (Å²) in [6.45, 7) is 5.43. The van der Waals surface area contributed by atoms with Crippen molar-refractivity contribution >= 4 is 0 Å². The summed E-state index contributed by atoms with van der Waals surface area (Å²) in [4.78, 5) is 8.62. The predicted molar refractivity (Wildman–Crippen MR) is 64.9 cm³/mol. The molecule has 88 valence electrons. The second-order valence-corrected chi connectivity index (χ2v) is 5.64. The Morgan fingerprint density at radius 2 is 2.25 bits per heavy atom. The molecule has 1 fully saturated rings. The third kappa shape index (κ3) is 2.40. The first kappa shape index (κ1) is 11.5. The highest BCUT2D eigenvalue weighted by Crippen LogP contribution is 2.45. The standard InChI is InChI=1S/C13H21N3/c1-13(2)4-3-10(8-14)11(7-13)12-9-15-5-6-16-12/h5-6,9-11H,3-4,7-8,14H2,1-2H3. The summed E-state index contributed by atoms with van der Waals surface area (Å²) in [5.41, 5.74) is 7.40. The molecule has 0 saturated heterocycles. The maximum Gasteiger partial charge on any atom is 0.0620 e. The van der Waals surface area contributed by atoms with E-state index in [4.69, 9.17) is 5.73 Å². The second-order valence-electron chi connectivity index (χ2n) is 5.64. The van der Waals surface area contributed by atoms with Crippen LogP contribution in [0.4, 0.5) is 0 Å². The van der Waals surface area contributed by atoms with Gasteiger partial charge in [0.2, 0.25) is 0 Å². The lowest BCUT2D eigenvalue weighted by molar-refractivity contribution is 0.163. The maximum atomic E-state index is 5.87. The van der Waals surface area contributed by atoms with Gasteiger partial charge in [-0.3, -0.25) is 9.97 Å². The summed E-state index contributed by atoms with van der Waals surface area (Å²) >= 11 is 0. The van der Waals surface area contributed by atoms with Gasteiger partial charge >= 0.3 is 0 Å². The summed E-state index contributed by atoms with van der Waals surface area (Å²) in [5.74, 6) is 1.06. The second kappa shape index (κ2) is 4.50. The fraction of sp³-hybridized carbons (Fsp3) is 0.692. The lowest BCUT2D eigenvalue weighted by Gasteiger charge is -2.40. The van der Waals surface area contributed by atoms with Crippen LogP contribution in [-0.4, -0.2) is 16.5 Å². The van der Waals surface area contributed by atoms with Crippen molar-refractivity contribution in [3.63, 3.8) is 0 Å². The van der Waals surface area contributed by atoms with Crippen molar-refractivity contribution in [3.8, 4) is 0 Å². The molecule has 3 heteroatoms. The molecule has 2 rings (SSSR count). The largest absolute Gasteiger partial charge is 0.330 e. The first-order valence-corrected chi connectivity index (χ1v) is 6.08. The van der Waals surface area contributed by atoms with Gasteiger partial charge in [-0.25, -0.2) is 0 Å². The average Bonchev–Trinajstić information content (AvgIpc) is 2.29. The van der Waals surface area contributed by atoms with Gasteiger partial charge in [0.15, 0.2) is 0 Å². The number of hydrogen-bond acceptors (Lipinski definition) is 3. The molecule has 0 radical (unpaired) electrons. The van der Waals surface area contributed by atoms with Gasteiger partial charge in [0.25, 0.3) is 0 Å². The summed E-state index contributed by atoms with van der Waals surface area (Å²) in [7, 11) is 0. The van der Waals surface area contributed by atoms with Crippen molar-refractivity contribution in [2.45, 2.75) is 39.0 Å². The van der Waals surface area contributed by atoms with Gasteiger partial charge in [-0.15, -0.1) is 0 Å². The number of nitrogens with zero attached hydrogens (tertiary/aromatic N) is 2. The van der Waals surface area contributed by atoms with Crippen LogP contribution in [0.5, 0.6) is 0 Å². The molecule has 16 heavy (non-hydrogen) atoms. The first-order valence-electron chi connectivity index (χ1n) is 6.08. The zero-order valence-corrected chi connectivity index (χ0v) is 10.2. The molecule has 0 aromatic carbocycles. The van der Waals surface area contributed by atoms with E-state index in [0.717, 1.165) is 12.2 Å². The van der Waals surface area contributed by atoms with Crippen molar-refractivity contribution in [2.24, 2.45) is 17.1 Å². The minimum absolute atomic E-state index is 0.411. The van der Waals surface area contributed by atoms with E-state index in [-0.39, 0.29) is 0 Å². The molecule has 2 atom stereocenters. The SMILES string of the molecule is CC1(C)CCC(CN)C(c2cnccn2)C1. The van der Waals surface area contributed by atoms with Crippen molar-refractivity contribution in [2.75, 3.05) is 6.54 Å². The van der Waals surface area contributed by atoms with Crippen LogP contribution in [0, 0.1) is 11.3 Å². The minimum atomic E-state index is 0.411. The zero-order valence-electron chi connectivity index (χ0n) is 10.2. The summed E-state index contributed by atoms with van der Waals surface area (Å²) < 4.78 is 0. The van der Waals surface area contributed by atoms with Crippen LogP contribution in [0.1, 0.15) is 44.7 Å². The van der Waals surface area contributed by atoms with Crippen molar-refractivity contribution in [1.29, 1.82) is 0 Å². The average molecular weight is 219 g/mol. The van der Waals surface area contributed by atoms with E-state index in [2.05, 4.69) is 23.8 Å².